The van der Waals surface area contributed by atoms with Crippen molar-refractivity contribution in [2.75, 3.05) is 13.1 Å². The first-order valence-corrected chi connectivity index (χ1v) is 6.45. The van der Waals surface area contributed by atoms with Gasteiger partial charge in [0, 0.05) is 31.8 Å². The third-order valence-corrected chi connectivity index (χ3v) is 3.63. The van der Waals surface area contributed by atoms with E-state index in [1.807, 2.05) is 0 Å². The molecule has 0 saturated carbocycles. The van der Waals surface area contributed by atoms with Crippen molar-refractivity contribution in [3.8, 4) is 0 Å². The molecule has 6 nitrogen and oxygen atoms in total. The Kier molecular flexibility index (Phi) is 3.87. The van der Waals surface area contributed by atoms with Gasteiger partial charge in [-0.1, -0.05) is 0 Å². The summed E-state index contributed by atoms with van der Waals surface area (Å²) < 4.78 is 39.6. The molecule has 2 unspecified atom stereocenters. The number of carbonyl (C=O) groups excluding carboxylic acids is 1. The predicted octanol–water partition coefficient (Wildman–Crippen LogP) is 1.19. The Morgan fingerprint density at radius 2 is 2.24 bits per heavy atom. The molecule has 1 saturated heterocycles. The lowest BCUT2D eigenvalue weighted by atomic mass is 10.0. The molecule has 2 amide bonds. The standard InChI is InChI=1S/C12H17F3N4O2/c1-8(9-5-16-18(2)6-9)17-10(20)19-4-3-11(21,7-19)12(13,14)15/h5-6,8,21H,3-4,7H2,1-2H3,(H,17,20). The summed E-state index contributed by atoms with van der Waals surface area (Å²) in [6, 6.07) is -1.02. The summed E-state index contributed by atoms with van der Waals surface area (Å²) in [6.45, 7) is 0.824. The van der Waals surface area contributed by atoms with E-state index in [4.69, 9.17) is 0 Å². The molecule has 1 aromatic heterocycles. The van der Waals surface area contributed by atoms with Gasteiger partial charge in [0.25, 0.3) is 0 Å². The third-order valence-electron chi connectivity index (χ3n) is 3.63. The van der Waals surface area contributed by atoms with E-state index in [2.05, 4.69) is 10.4 Å². The summed E-state index contributed by atoms with van der Waals surface area (Å²) in [5, 5.41) is 16.1. The molecule has 0 aliphatic carbocycles. The van der Waals surface area contributed by atoms with Gasteiger partial charge >= 0.3 is 12.2 Å². The van der Waals surface area contributed by atoms with Crippen LogP contribution in [0.2, 0.25) is 0 Å². The molecule has 118 valence electrons. The average Bonchev–Trinajstić information content (AvgIpc) is 2.95. The van der Waals surface area contributed by atoms with Crippen LogP contribution in [0.5, 0.6) is 0 Å². The Bertz CT molecular complexity index is 531. The van der Waals surface area contributed by atoms with Gasteiger partial charge in [0.2, 0.25) is 0 Å². The van der Waals surface area contributed by atoms with Crippen LogP contribution in [0.1, 0.15) is 24.9 Å². The molecule has 2 N–H and O–H groups in total. The highest BCUT2D eigenvalue weighted by Gasteiger charge is 2.57. The van der Waals surface area contributed by atoms with Crippen molar-refractivity contribution in [1.29, 1.82) is 0 Å². The van der Waals surface area contributed by atoms with E-state index in [9.17, 15) is 23.1 Å². The van der Waals surface area contributed by atoms with Crippen molar-refractivity contribution < 1.29 is 23.1 Å². The molecule has 0 spiro atoms. The van der Waals surface area contributed by atoms with E-state index in [0.29, 0.717) is 0 Å². The smallest absolute Gasteiger partial charge is 0.379 e. The zero-order valence-corrected chi connectivity index (χ0v) is 11.7. The topological polar surface area (TPSA) is 70.4 Å². The molecule has 1 aliphatic heterocycles. The highest BCUT2D eigenvalue weighted by Crippen LogP contribution is 2.37. The van der Waals surface area contributed by atoms with Crippen molar-refractivity contribution in [3.05, 3.63) is 18.0 Å². The lowest BCUT2D eigenvalue weighted by Crippen LogP contribution is -2.49. The Hall–Kier alpha value is -1.77. The molecule has 21 heavy (non-hydrogen) atoms. The van der Waals surface area contributed by atoms with Gasteiger partial charge in [-0.25, -0.2) is 4.79 Å². The van der Waals surface area contributed by atoms with Crippen LogP contribution >= 0.6 is 0 Å². The fraction of sp³-hybridized carbons (Fsp3) is 0.667. The van der Waals surface area contributed by atoms with Gasteiger partial charge < -0.3 is 15.3 Å². The van der Waals surface area contributed by atoms with Gasteiger partial charge in [-0.2, -0.15) is 18.3 Å². The van der Waals surface area contributed by atoms with Crippen molar-refractivity contribution in [2.24, 2.45) is 7.05 Å². The van der Waals surface area contributed by atoms with Crippen molar-refractivity contribution >= 4 is 6.03 Å². The highest BCUT2D eigenvalue weighted by atomic mass is 19.4. The minimum absolute atomic E-state index is 0.137. The molecule has 1 aromatic rings. The van der Waals surface area contributed by atoms with Crippen molar-refractivity contribution in [2.45, 2.75) is 31.2 Å². The molecule has 2 rings (SSSR count). The van der Waals surface area contributed by atoms with Crippen LogP contribution in [0, 0.1) is 0 Å². The number of halogens is 3. The fourth-order valence-corrected chi connectivity index (χ4v) is 2.22. The number of aryl methyl sites for hydroxylation is 1. The summed E-state index contributed by atoms with van der Waals surface area (Å²) in [4.78, 5) is 12.9. The summed E-state index contributed by atoms with van der Waals surface area (Å²) in [7, 11) is 1.72. The minimum Gasteiger partial charge on any atom is -0.379 e. The van der Waals surface area contributed by atoms with Crippen LogP contribution in [-0.2, 0) is 7.05 Å². The molecular formula is C12H17F3N4O2. The van der Waals surface area contributed by atoms with E-state index < -0.39 is 30.8 Å². The molecule has 0 aromatic carbocycles. The van der Waals surface area contributed by atoms with Crippen molar-refractivity contribution in [1.82, 2.24) is 20.0 Å². The number of hydrogen-bond donors (Lipinski definition) is 2. The SMILES string of the molecule is CC(NC(=O)N1CCC(O)(C(F)(F)F)C1)c1cnn(C)c1. The van der Waals surface area contributed by atoms with Crippen LogP contribution < -0.4 is 5.32 Å². The van der Waals surface area contributed by atoms with Gasteiger partial charge in [-0.3, -0.25) is 4.68 Å². The number of aromatic nitrogens is 2. The number of hydrogen-bond acceptors (Lipinski definition) is 3. The average molecular weight is 306 g/mol. The van der Waals surface area contributed by atoms with Gasteiger partial charge in [0.05, 0.1) is 18.8 Å². The highest BCUT2D eigenvalue weighted by molar-refractivity contribution is 5.75. The van der Waals surface area contributed by atoms with E-state index in [-0.39, 0.29) is 12.6 Å². The fourth-order valence-electron chi connectivity index (χ4n) is 2.22. The molecular weight excluding hydrogens is 289 g/mol. The normalized spacial score (nSPS) is 24.2. The first kappa shape index (κ1) is 15.6. The number of likely N-dealkylation sites (tertiary alicyclic amines) is 1. The number of urea groups is 1. The van der Waals surface area contributed by atoms with Crippen LogP contribution in [-0.4, -0.2) is 50.7 Å². The van der Waals surface area contributed by atoms with E-state index in [0.717, 1.165) is 10.5 Å². The summed E-state index contributed by atoms with van der Waals surface area (Å²) in [5.41, 5.74) is -2.07. The second kappa shape index (κ2) is 5.21. The summed E-state index contributed by atoms with van der Waals surface area (Å²) in [6.07, 6.45) is -1.97. The predicted molar refractivity (Wildman–Crippen MR) is 67.3 cm³/mol. The second-order valence-corrected chi connectivity index (χ2v) is 5.32. The Balaban J connectivity index is 1.96. The molecule has 9 heteroatoms. The molecule has 2 heterocycles. The maximum Gasteiger partial charge on any atom is 0.419 e. The van der Waals surface area contributed by atoms with Crippen LogP contribution in [0.15, 0.2) is 12.4 Å². The molecule has 1 aliphatic rings. The zero-order chi connectivity index (χ0) is 15.8. The number of β-amino-alcohol motifs (C(OH)–C–C–N with tert-alkyl or cyclic N) is 1. The quantitative estimate of drug-likeness (QED) is 0.862. The minimum atomic E-state index is -4.74. The molecule has 0 bridgehead atoms. The van der Waals surface area contributed by atoms with Crippen LogP contribution in [0.25, 0.3) is 0 Å². The lowest BCUT2D eigenvalue weighted by molar-refractivity contribution is -0.253. The number of aliphatic hydroxyl groups is 1. The second-order valence-electron chi connectivity index (χ2n) is 5.32. The van der Waals surface area contributed by atoms with Gasteiger partial charge in [0.15, 0.2) is 5.60 Å². The molecule has 2 atom stereocenters. The third kappa shape index (κ3) is 3.12. The maximum atomic E-state index is 12.7. The number of nitrogens with zero attached hydrogens (tertiary/aromatic N) is 3. The largest absolute Gasteiger partial charge is 0.419 e. The first-order chi connectivity index (χ1) is 9.62. The Morgan fingerprint density at radius 1 is 1.57 bits per heavy atom. The van der Waals surface area contributed by atoms with Crippen LogP contribution in [0.4, 0.5) is 18.0 Å². The molecule has 0 radical (unpaired) electrons. The van der Waals surface area contributed by atoms with Gasteiger partial charge in [-0.15, -0.1) is 0 Å². The summed E-state index contributed by atoms with van der Waals surface area (Å²) in [5.74, 6) is 0. The Labute approximate surface area is 119 Å². The summed E-state index contributed by atoms with van der Waals surface area (Å²) >= 11 is 0. The van der Waals surface area contributed by atoms with E-state index >= 15 is 0 Å². The van der Waals surface area contributed by atoms with E-state index in [1.165, 1.54) is 0 Å². The zero-order valence-electron chi connectivity index (χ0n) is 11.7. The molecule has 1 fully saturated rings. The number of alkyl halides is 3. The lowest BCUT2D eigenvalue weighted by Gasteiger charge is -2.26. The van der Waals surface area contributed by atoms with Crippen molar-refractivity contribution in [3.63, 3.8) is 0 Å². The maximum absolute atomic E-state index is 12.7. The van der Waals surface area contributed by atoms with E-state index in [1.54, 1.807) is 31.0 Å². The van der Waals surface area contributed by atoms with Gasteiger partial charge in [-0.05, 0) is 6.92 Å². The monoisotopic (exact) mass is 306 g/mol. The van der Waals surface area contributed by atoms with Gasteiger partial charge in [0.1, 0.15) is 0 Å². The first-order valence-electron chi connectivity index (χ1n) is 6.45. The number of amides is 2. The number of carbonyl (C=O) groups is 1. The number of nitrogens with one attached hydrogen (secondary N) is 1. The Morgan fingerprint density at radius 3 is 2.71 bits per heavy atom. The number of rotatable bonds is 2. The van der Waals surface area contributed by atoms with Crippen LogP contribution in [0.3, 0.4) is 0 Å².